The number of carboxylic acids is 1. The van der Waals surface area contributed by atoms with Crippen LogP contribution in [-0.2, 0) is 9.59 Å². The Labute approximate surface area is 127 Å². The molecule has 1 heterocycles. The van der Waals surface area contributed by atoms with Gasteiger partial charge in [0.2, 0.25) is 5.91 Å². The summed E-state index contributed by atoms with van der Waals surface area (Å²) in [6.45, 7) is 2.11. The molecule has 0 spiro atoms. The van der Waals surface area contributed by atoms with Gasteiger partial charge < -0.3 is 10.0 Å². The smallest absolute Gasteiger partial charge is 0.303 e. The molecule has 2 aliphatic rings. The lowest BCUT2D eigenvalue weighted by molar-refractivity contribution is -0.138. The van der Waals surface area contributed by atoms with E-state index in [-0.39, 0.29) is 18.2 Å². The highest BCUT2D eigenvalue weighted by Gasteiger charge is 2.27. The zero-order chi connectivity index (χ0) is 15.2. The van der Waals surface area contributed by atoms with Crippen LogP contribution in [0.4, 0.5) is 0 Å². The molecule has 1 amide bonds. The molecule has 1 saturated heterocycles. The van der Waals surface area contributed by atoms with E-state index in [4.69, 9.17) is 5.11 Å². The van der Waals surface area contributed by atoms with Crippen LogP contribution >= 0.6 is 0 Å². The molecule has 5 heteroatoms. The minimum atomic E-state index is -0.729. The van der Waals surface area contributed by atoms with Crippen LogP contribution in [0.15, 0.2) is 0 Å². The maximum absolute atomic E-state index is 12.4. The number of rotatable bonds is 5. The van der Waals surface area contributed by atoms with Gasteiger partial charge in [0.1, 0.15) is 0 Å². The number of hydrogen-bond acceptors (Lipinski definition) is 3. The number of aliphatic carboxylic acids is 1. The summed E-state index contributed by atoms with van der Waals surface area (Å²) in [5.41, 5.74) is 0. The molecule has 1 unspecified atom stereocenters. The quantitative estimate of drug-likeness (QED) is 0.842. The molecule has 0 aromatic carbocycles. The standard InChI is InChI=1S/C16H28N2O3/c1-17(14-7-3-2-4-8-14)15(19)12-18-9-5-6-13(11-18)10-16(20)21/h13-14H,2-12H2,1H3,(H,20,21). The molecule has 1 aliphatic heterocycles. The van der Waals surface area contributed by atoms with Crippen molar-refractivity contribution in [2.75, 3.05) is 26.7 Å². The van der Waals surface area contributed by atoms with Crippen LogP contribution in [0.2, 0.25) is 0 Å². The zero-order valence-electron chi connectivity index (χ0n) is 13.1. The van der Waals surface area contributed by atoms with Gasteiger partial charge in [-0.3, -0.25) is 14.5 Å². The highest BCUT2D eigenvalue weighted by Crippen LogP contribution is 2.23. The molecule has 0 bridgehead atoms. The number of carboxylic acid groups (broad SMARTS) is 1. The van der Waals surface area contributed by atoms with E-state index in [2.05, 4.69) is 4.90 Å². The fourth-order valence-corrected chi connectivity index (χ4v) is 3.68. The number of nitrogens with zero attached hydrogens (tertiary/aromatic N) is 2. The van der Waals surface area contributed by atoms with Crippen molar-refractivity contribution >= 4 is 11.9 Å². The van der Waals surface area contributed by atoms with Crippen LogP contribution in [0.1, 0.15) is 51.4 Å². The summed E-state index contributed by atoms with van der Waals surface area (Å²) in [6.07, 6.45) is 8.20. The largest absolute Gasteiger partial charge is 0.481 e. The Morgan fingerprint density at radius 2 is 1.86 bits per heavy atom. The summed E-state index contributed by atoms with van der Waals surface area (Å²) in [4.78, 5) is 27.3. The summed E-state index contributed by atoms with van der Waals surface area (Å²) in [6, 6.07) is 0.408. The lowest BCUT2D eigenvalue weighted by atomic mass is 9.94. The number of likely N-dealkylation sites (tertiary alicyclic amines) is 1. The van der Waals surface area contributed by atoms with E-state index >= 15 is 0 Å². The maximum Gasteiger partial charge on any atom is 0.303 e. The van der Waals surface area contributed by atoms with Crippen molar-refractivity contribution in [1.82, 2.24) is 9.80 Å². The average molecular weight is 296 g/mol. The summed E-state index contributed by atoms with van der Waals surface area (Å²) >= 11 is 0. The van der Waals surface area contributed by atoms with E-state index in [9.17, 15) is 9.59 Å². The van der Waals surface area contributed by atoms with Crippen LogP contribution in [0.25, 0.3) is 0 Å². The van der Waals surface area contributed by atoms with Gasteiger partial charge in [0.25, 0.3) is 0 Å². The fourth-order valence-electron chi connectivity index (χ4n) is 3.68. The van der Waals surface area contributed by atoms with Gasteiger partial charge in [0, 0.05) is 26.1 Å². The number of likely N-dealkylation sites (N-methyl/N-ethyl adjacent to an activating group) is 1. The average Bonchev–Trinajstić information content (AvgIpc) is 2.47. The fraction of sp³-hybridized carbons (Fsp3) is 0.875. The lowest BCUT2D eigenvalue weighted by Gasteiger charge is -2.35. The monoisotopic (exact) mass is 296 g/mol. The lowest BCUT2D eigenvalue weighted by Crippen LogP contribution is -2.46. The third kappa shape index (κ3) is 4.99. The molecule has 1 aliphatic carbocycles. The van der Waals surface area contributed by atoms with Crippen LogP contribution in [0.5, 0.6) is 0 Å². The molecule has 1 saturated carbocycles. The summed E-state index contributed by atoms with van der Waals surface area (Å²) in [5.74, 6) is -0.339. The Morgan fingerprint density at radius 3 is 2.52 bits per heavy atom. The number of piperidine rings is 1. The molecular formula is C16H28N2O3. The van der Waals surface area contributed by atoms with E-state index in [1.807, 2.05) is 11.9 Å². The van der Waals surface area contributed by atoms with E-state index in [1.165, 1.54) is 19.3 Å². The van der Waals surface area contributed by atoms with Crippen molar-refractivity contribution in [3.63, 3.8) is 0 Å². The molecule has 1 atom stereocenters. The maximum atomic E-state index is 12.4. The van der Waals surface area contributed by atoms with Gasteiger partial charge in [-0.15, -0.1) is 0 Å². The molecule has 2 rings (SSSR count). The van der Waals surface area contributed by atoms with E-state index in [0.29, 0.717) is 12.6 Å². The number of hydrogen-bond donors (Lipinski definition) is 1. The van der Waals surface area contributed by atoms with Gasteiger partial charge in [-0.2, -0.15) is 0 Å². The molecule has 2 fully saturated rings. The van der Waals surface area contributed by atoms with Gasteiger partial charge in [0.15, 0.2) is 0 Å². The van der Waals surface area contributed by atoms with Crippen LogP contribution < -0.4 is 0 Å². The molecule has 1 N–H and O–H groups in total. The third-order valence-electron chi connectivity index (χ3n) is 4.94. The van der Waals surface area contributed by atoms with Gasteiger partial charge in [0.05, 0.1) is 6.54 Å². The van der Waals surface area contributed by atoms with Crippen molar-refractivity contribution in [2.45, 2.75) is 57.4 Å². The second-order valence-corrected chi connectivity index (χ2v) is 6.64. The number of carbonyl (C=O) groups is 2. The summed E-state index contributed by atoms with van der Waals surface area (Å²) < 4.78 is 0. The third-order valence-corrected chi connectivity index (χ3v) is 4.94. The molecule has 21 heavy (non-hydrogen) atoms. The first-order valence-electron chi connectivity index (χ1n) is 8.26. The molecule has 0 aromatic rings. The minimum absolute atomic E-state index is 0.192. The van der Waals surface area contributed by atoms with E-state index in [0.717, 1.165) is 38.8 Å². The predicted octanol–water partition coefficient (Wildman–Crippen LogP) is 1.96. The zero-order valence-corrected chi connectivity index (χ0v) is 13.1. The van der Waals surface area contributed by atoms with E-state index < -0.39 is 5.97 Å². The van der Waals surface area contributed by atoms with Gasteiger partial charge in [-0.05, 0) is 38.1 Å². The van der Waals surface area contributed by atoms with Crippen molar-refractivity contribution in [3.8, 4) is 0 Å². The first-order valence-corrected chi connectivity index (χ1v) is 8.26. The summed E-state index contributed by atoms with van der Waals surface area (Å²) in [5, 5.41) is 8.90. The Bertz CT molecular complexity index is 367. The Kier molecular flexibility index (Phi) is 6.03. The van der Waals surface area contributed by atoms with Gasteiger partial charge in [-0.1, -0.05) is 19.3 Å². The Morgan fingerprint density at radius 1 is 1.14 bits per heavy atom. The SMILES string of the molecule is CN(C(=O)CN1CCCC(CC(=O)O)C1)C1CCCCC1. The minimum Gasteiger partial charge on any atom is -0.481 e. The summed E-state index contributed by atoms with van der Waals surface area (Å²) in [7, 11) is 1.93. The molecule has 5 nitrogen and oxygen atoms in total. The number of carbonyl (C=O) groups excluding carboxylic acids is 1. The first kappa shape index (κ1) is 16.3. The second kappa shape index (κ2) is 7.78. The normalized spacial score (nSPS) is 24.7. The Hall–Kier alpha value is -1.10. The van der Waals surface area contributed by atoms with Gasteiger partial charge in [-0.25, -0.2) is 0 Å². The highest BCUT2D eigenvalue weighted by molar-refractivity contribution is 5.78. The van der Waals surface area contributed by atoms with Crippen molar-refractivity contribution in [1.29, 1.82) is 0 Å². The van der Waals surface area contributed by atoms with Crippen molar-refractivity contribution < 1.29 is 14.7 Å². The predicted molar refractivity (Wildman–Crippen MR) is 81.1 cm³/mol. The number of amides is 1. The molecule has 120 valence electrons. The molecular weight excluding hydrogens is 268 g/mol. The van der Waals surface area contributed by atoms with Crippen LogP contribution in [0.3, 0.4) is 0 Å². The highest BCUT2D eigenvalue weighted by atomic mass is 16.4. The first-order chi connectivity index (χ1) is 10.1. The van der Waals surface area contributed by atoms with Crippen molar-refractivity contribution in [3.05, 3.63) is 0 Å². The van der Waals surface area contributed by atoms with Crippen LogP contribution in [-0.4, -0.2) is 59.5 Å². The van der Waals surface area contributed by atoms with Crippen molar-refractivity contribution in [2.24, 2.45) is 5.92 Å². The van der Waals surface area contributed by atoms with E-state index in [1.54, 1.807) is 0 Å². The second-order valence-electron chi connectivity index (χ2n) is 6.64. The topological polar surface area (TPSA) is 60.9 Å². The molecule has 0 aromatic heterocycles. The van der Waals surface area contributed by atoms with Crippen LogP contribution in [0, 0.1) is 5.92 Å². The molecule has 0 radical (unpaired) electrons. The van der Waals surface area contributed by atoms with Gasteiger partial charge >= 0.3 is 5.97 Å². The Balaban J connectivity index is 1.79.